The molecule has 0 saturated carbocycles. The molecule has 0 aliphatic heterocycles. The monoisotopic (exact) mass is 143 g/mol. The Morgan fingerprint density at radius 1 is 1.60 bits per heavy atom. The predicted molar refractivity (Wildman–Crippen MR) is 43.7 cm³/mol. The third-order valence-electron chi connectivity index (χ3n) is 1.28. The fraction of sp³-hybridized carbons (Fsp3) is 0.750. The number of rotatable bonds is 5. The average molecular weight is 143 g/mol. The van der Waals surface area contributed by atoms with E-state index in [1.54, 1.807) is 0 Å². The van der Waals surface area contributed by atoms with E-state index in [1.807, 2.05) is 12.2 Å². The fourth-order valence-electron chi connectivity index (χ4n) is 0.687. The lowest BCUT2D eigenvalue weighted by atomic mass is 10.2. The van der Waals surface area contributed by atoms with Gasteiger partial charge < -0.3 is 10.8 Å². The Morgan fingerprint density at radius 3 is 2.80 bits per heavy atom. The normalized spacial score (nSPS) is 14.3. The number of hydrogen-bond acceptors (Lipinski definition) is 2. The fourth-order valence-corrected chi connectivity index (χ4v) is 0.687. The lowest BCUT2D eigenvalue weighted by molar-refractivity contribution is 0.215. The van der Waals surface area contributed by atoms with Gasteiger partial charge >= 0.3 is 0 Å². The van der Waals surface area contributed by atoms with Crippen molar-refractivity contribution in [2.24, 2.45) is 5.73 Å². The van der Waals surface area contributed by atoms with Crippen LogP contribution in [0.15, 0.2) is 12.2 Å². The van der Waals surface area contributed by atoms with Crippen LogP contribution in [0.25, 0.3) is 0 Å². The number of unbranched alkanes of at least 4 members (excludes halogenated alkanes) is 1. The van der Waals surface area contributed by atoms with Crippen LogP contribution in [0.1, 0.15) is 26.2 Å². The maximum Gasteiger partial charge on any atom is 0.0732 e. The molecule has 0 saturated heterocycles. The van der Waals surface area contributed by atoms with Gasteiger partial charge in [0.2, 0.25) is 0 Å². The summed E-state index contributed by atoms with van der Waals surface area (Å²) >= 11 is 0. The van der Waals surface area contributed by atoms with Crippen LogP contribution in [-0.2, 0) is 0 Å². The molecule has 0 aromatic carbocycles. The summed E-state index contributed by atoms with van der Waals surface area (Å²) < 4.78 is 0. The van der Waals surface area contributed by atoms with Crippen LogP contribution in [-0.4, -0.2) is 17.8 Å². The van der Waals surface area contributed by atoms with E-state index in [0.29, 0.717) is 13.0 Å². The summed E-state index contributed by atoms with van der Waals surface area (Å²) in [5, 5.41) is 9.11. The minimum absolute atomic E-state index is 0.337. The molecule has 10 heavy (non-hydrogen) atoms. The van der Waals surface area contributed by atoms with Crippen molar-refractivity contribution in [2.45, 2.75) is 32.3 Å². The van der Waals surface area contributed by atoms with Crippen LogP contribution in [0, 0.1) is 0 Å². The molecule has 0 unspecified atom stereocenters. The minimum atomic E-state index is -0.337. The lowest BCUT2D eigenvalue weighted by Gasteiger charge is -2.00. The Bertz CT molecular complexity index is 91.3. The molecular weight excluding hydrogens is 126 g/mol. The molecule has 3 N–H and O–H groups in total. The number of aliphatic hydroxyl groups is 1. The van der Waals surface area contributed by atoms with E-state index in [2.05, 4.69) is 6.92 Å². The van der Waals surface area contributed by atoms with Crippen LogP contribution >= 0.6 is 0 Å². The number of hydrogen-bond donors (Lipinski definition) is 2. The van der Waals surface area contributed by atoms with Gasteiger partial charge in [-0.2, -0.15) is 0 Å². The zero-order valence-corrected chi connectivity index (χ0v) is 6.59. The second-order valence-corrected chi connectivity index (χ2v) is 2.36. The van der Waals surface area contributed by atoms with Crippen LogP contribution in [0.2, 0.25) is 0 Å². The van der Waals surface area contributed by atoms with Crippen LogP contribution in [0.4, 0.5) is 0 Å². The molecule has 2 nitrogen and oxygen atoms in total. The van der Waals surface area contributed by atoms with Gasteiger partial charge in [0.1, 0.15) is 0 Å². The quantitative estimate of drug-likeness (QED) is 0.565. The smallest absolute Gasteiger partial charge is 0.0732 e. The molecular formula is C8H17NO. The molecule has 0 heterocycles. The Labute approximate surface area is 62.7 Å². The molecule has 0 aliphatic carbocycles. The van der Waals surface area contributed by atoms with Crippen molar-refractivity contribution >= 4 is 0 Å². The van der Waals surface area contributed by atoms with E-state index in [1.165, 1.54) is 0 Å². The van der Waals surface area contributed by atoms with E-state index >= 15 is 0 Å². The van der Waals surface area contributed by atoms with Crippen LogP contribution in [0.5, 0.6) is 0 Å². The summed E-state index contributed by atoms with van der Waals surface area (Å²) in [4.78, 5) is 0. The standard InChI is InChI=1S/C8H17NO/c1-2-3-4-5-8(10)6-7-9/h4-5,8,10H,2-3,6-7,9H2,1H3/b5-4+/t8-/m1/s1. The molecule has 0 bridgehead atoms. The third-order valence-corrected chi connectivity index (χ3v) is 1.28. The maximum atomic E-state index is 9.11. The van der Waals surface area contributed by atoms with Crippen molar-refractivity contribution in [1.29, 1.82) is 0 Å². The van der Waals surface area contributed by atoms with Crippen LogP contribution in [0.3, 0.4) is 0 Å². The molecule has 2 heteroatoms. The van der Waals surface area contributed by atoms with Gasteiger partial charge in [-0.3, -0.25) is 0 Å². The number of nitrogens with two attached hydrogens (primary N) is 1. The summed E-state index contributed by atoms with van der Waals surface area (Å²) in [5.41, 5.74) is 5.24. The van der Waals surface area contributed by atoms with Gasteiger partial charge in [-0.1, -0.05) is 25.5 Å². The predicted octanol–water partition coefficient (Wildman–Crippen LogP) is 1.05. The van der Waals surface area contributed by atoms with E-state index in [4.69, 9.17) is 10.8 Å². The summed E-state index contributed by atoms with van der Waals surface area (Å²) in [6.45, 7) is 2.66. The molecule has 60 valence electrons. The molecule has 1 atom stereocenters. The van der Waals surface area contributed by atoms with Gasteiger partial charge in [0.25, 0.3) is 0 Å². The summed E-state index contributed by atoms with van der Waals surface area (Å²) in [6.07, 6.45) is 6.32. The van der Waals surface area contributed by atoms with Crippen molar-refractivity contribution in [2.75, 3.05) is 6.54 Å². The minimum Gasteiger partial charge on any atom is -0.389 e. The highest BCUT2D eigenvalue weighted by Crippen LogP contribution is 1.94. The maximum absolute atomic E-state index is 9.11. The van der Waals surface area contributed by atoms with E-state index in [-0.39, 0.29) is 6.10 Å². The second-order valence-electron chi connectivity index (χ2n) is 2.36. The van der Waals surface area contributed by atoms with Crippen molar-refractivity contribution in [3.05, 3.63) is 12.2 Å². The number of allylic oxidation sites excluding steroid dienone is 1. The molecule has 0 fully saturated rings. The first-order valence-electron chi connectivity index (χ1n) is 3.86. The van der Waals surface area contributed by atoms with Gasteiger partial charge in [-0.25, -0.2) is 0 Å². The van der Waals surface area contributed by atoms with E-state index in [9.17, 15) is 0 Å². The molecule has 0 aromatic rings. The average Bonchev–Trinajstić information content (AvgIpc) is 1.89. The first-order valence-corrected chi connectivity index (χ1v) is 3.86. The summed E-state index contributed by atoms with van der Waals surface area (Å²) in [6, 6.07) is 0. The molecule has 0 rings (SSSR count). The van der Waals surface area contributed by atoms with Gasteiger partial charge in [0.15, 0.2) is 0 Å². The van der Waals surface area contributed by atoms with Gasteiger partial charge in [0, 0.05) is 0 Å². The zero-order valence-electron chi connectivity index (χ0n) is 6.59. The first kappa shape index (κ1) is 9.66. The summed E-state index contributed by atoms with van der Waals surface area (Å²) in [5.74, 6) is 0. The molecule has 0 aliphatic rings. The molecule has 0 aromatic heterocycles. The lowest BCUT2D eigenvalue weighted by Crippen LogP contribution is -2.10. The first-order chi connectivity index (χ1) is 4.81. The molecule has 0 radical (unpaired) electrons. The van der Waals surface area contributed by atoms with Gasteiger partial charge in [0.05, 0.1) is 6.10 Å². The highest BCUT2D eigenvalue weighted by molar-refractivity contribution is 4.88. The largest absolute Gasteiger partial charge is 0.389 e. The Kier molecular flexibility index (Phi) is 6.55. The summed E-state index contributed by atoms with van der Waals surface area (Å²) in [7, 11) is 0. The zero-order chi connectivity index (χ0) is 7.82. The van der Waals surface area contributed by atoms with Gasteiger partial charge in [-0.15, -0.1) is 0 Å². The third kappa shape index (κ3) is 5.79. The van der Waals surface area contributed by atoms with Crippen molar-refractivity contribution < 1.29 is 5.11 Å². The highest BCUT2D eigenvalue weighted by Gasteiger charge is 1.93. The van der Waals surface area contributed by atoms with Crippen molar-refractivity contribution in [1.82, 2.24) is 0 Å². The topological polar surface area (TPSA) is 46.2 Å². The number of aliphatic hydroxyl groups excluding tert-OH is 1. The highest BCUT2D eigenvalue weighted by atomic mass is 16.3. The molecule has 0 spiro atoms. The van der Waals surface area contributed by atoms with Crippen molar-refractivity contribution in [3.63, 3.8) is 0 Å². The Morgan fingerprint density at radius 2 is 2.30 bits per heavy atom. The van der Waals surface area contributed by atoms with E-state index in [0.717, 1.165) is 12.8 Å². The molecule has 0 amide bonds. The second kappa shape index (κ2) is 6.78. The Hall–Kier alpha value is -0.340. The van der Waals surface area contributed by atoms with E-state index < -0.39 is 0 Å². The Balaban J connectivity index is 3.26. The van der Waals surface area contributed by atoms with Gasteiger partial charge in [-0.05, 0) is 19.4 Å². The van der Waals surface area contributed by atoms with Crippen LogP contribution < -0.4 is 5.73 Å². The van der Waals surface area contributed by atoms with Crippen molar-refractivity contribution in [3.8, 4) is 0 Å². The SMILES string of the molecule is CCC/C=C/[C@@H](O)CCN.